The molecule has 0 bridgehead atoms. The molecule has 0 N–H and O–H groups in total. The third-order valence-corrected chi connectivity index (χ3v) is 6.90. The Morgan fingerprint density at radius 1 is 0.963 bits per heavy atom. The van der Waals surface area contributed by atoms with Crippen molar-refractivity contribution in [3.63, 3.8) is 0 Å². The smallest absolute Gasteiger partial charge is 0.344 e. The Morgan fingerprint density at radius 2 is 1.59 bits per heavy atom. The van der Waals surface area contributed by atoms with Crippen LogP contribution in [0.2, 0.25) is 0 Å². The Hall–Kier alpha value is -1.45. The molecule has 0 heterocycles. The van der Waals surface area contributed by atoms with Crippen molar-refractivity contribution in [2.75, 3.05) is 0 Å². The van der Waals surface area contributed by atoms with Gasteiger partial charge in [0.15, 0.2) is 0 Å². The van der Waals surface area contributed by atoms with Gasteiger partial charge in [0.05, 0.1) is 0 Å². The third-order valence-electron chi connectivity index (χ3n) is 6.90. The minimum absolute atomic E-state index is 0.113. The molecular weight excluding hydrogens is 349 g/mol. The molecule has 1 aromatic carbocycles. The van der Waals surface area contributed by atoms with Gasteiger partial charge in [-0.1, -0.05) is 44.7 Å². The number of hydrogen-bond acceptors (Lipinski definition) is 1. The van der Waals surface area contributed by atoms with Gasteiger partial charge in [-0.15, -0.1) is 0 Å². The monoisotopic (exact) mass is 380 g/mol. The van der Waals surface area contributed by atoms with Crippen molar-refractivity contribution >= 4 is 0 Å². The van der Waals surface area contributed by atoms with Gasteiger partial charge in [-0.25, -0.2) is 0 Å². The van der Waals surface area contributed by atoms with E-state index in [2.05, 4.69) is 11.7 Å². The Labute approximate surface area is 161 Å². The van der Waals surface area contributed by atoms with Crippen molar-refractivity contribution in [2.24, 2.45) is 11.3 Å². The number of halogens is 3. The molecule has 0 saturated heterocycles. The average Bonchev–Trinajstić information content (AvgIpc) is 2.69. The number of rotatable bonds is 6. The summed E-state index contributed by atoms with van der Waals surface area (Å²) in [4.78, 5) is 0. The fourth-order valence-electron chi connectivity index (χ4n) is 5.61. The zero-order valence-electron chi connectivity index (χ0n) is 16.3. The highest BCUT2D eigenvalue weighted by atomic mass is 19.3. The highest BCUT2D eigenvalue weighted by Crippen LogP contribution is 2.52. The summed E-state index contributed by atoms with van der Waals surface area (Å²) >= 11 is 0. The first kappa shape index (κ1) is 20.3. The Morgan fingerprint density at radius 3 is 2.15 bits per heavy atom. The summed E-state index contributed by atoms with van der Waals surface area (Å²) in [5.74, 6) is 1.47. The lowest BCUT2D eigenvalue weighted by Crippen LogP contribution is -2.35. The number of ether oxygens (including phenoxy) is 1. The van der Waals surface area contributed by atoms with E-state index in [0.717, 1.165) is 5.92 Å². The summed E-state index contributed by atoms with van der Waals surface area (Å²) < 4.78 is 41.7. The van der Waals surface area contributed by atoms with Crippen molar-refractivity contribution < 1.29 is 17.9 Å². The van der Waals surface area contributed by atoms with Crippen molar-refractivity contribution in [1.29, 1.82) is 0 Å². The largest absolute Gasteiger partial charge is 0.428 e. The van der Waals surface area contributed by atoms with E-state index < -0.39 is 12.1 Å². The average molecular weight is 380 g/mol. The molecule has 0 spiro atoms. The summed E-state index contributed by atoms with van der Waals surface area (Å²) in [5.41, 5.74) is 1.79. The van der Waals surface area contributed by atoms with Gasteiger partial charge in [0, 0.05) is 0 Å². The fraction of sp³-hybridized carbons (Fsp3) is 0.652. The Kier molecular flexibility index (Phi) is 6.88. The van der Waals surface area contributed by atoms with Crippen LogP contribution in [0.25, 0.3) is 0 Å². The number of benzene rings is 1. The molecule has 2 aliphatic rings. The van der Waals surface area contributed by atoms with E-state index in [9.17, 15) is 13.2 Å². The standard InChI is InChI=1S/C23H31F3O/c1-2-14-23(15-4-3-5-16-23)19-10-6-17(7-11-19)18-8-12-20(13-9-18)27-22(26)21(24)25/h8-9,12-13,17,19H,2-7,10-11,14-16H2,1H3/t17-,19-. The number of hydrogen-bond donors (Lipinski definition) is 0. The summed E-state index contributed by atoms with van der Waals surface area (Å²) in [6.07, 6.45) is 12.2. The van der Waals surface area contributed by atoms with Crippen LogP contribution in [0.4, 0.5) is 13.2 Å². The predicted molar refractivity (Wildman–Crippen MR) is 103 cm³/mol. The zero-order valence-corrected chi connectivity index (χ0v) is 16.3. The lowest BCUT2D eigenvalue weighted by molar-refractivity contribution is 0.0527. The van der Waals surface area contributed by atoms with Crippen LogP contribution >= 0.6 is 0 Å². The zero-order chi connectivity index (χ0) is 19.3. The second-order valence-electron chi connectivity index (χ2n) is 8.43. The minimum atomic E-state index is -2.43. The van der Waals surface area contributed by atoms with Crippen LogP contribution in [0, 0.1) is 11.3 Å². The van der Waals surface area contributed by atoms with Crippen LogP contribution in [0.15, 0.2) is 36.4 Å². The van der Waals surface area contributed by atoms with Gasteiger partial charge >= 0.3 is 12.1 Å². The molecule has 150 valence electrons. The normalized spacial score (nSPS) is 25.0. The molecule has 2 fully saturated rings. The molecule has 2 saturated carbocycles. The van der Waals surface area contributed by atoms with Gasteiger partial charge in [-0.2, -0.15) is 13.2 Å². The second kappa shape index (κ2) is 9.16. The van der Waals surface area contributed by atoms with E-state index in [1.165, 1.54) is 76.2 Å². The summed E-state index contributed by atoms with van der Waals surface area (Å²) in [5, 5.41) is 0. The maximum absolute atomic E-state index is 12.9. The van der Waals surface area contributed by atoms with E-state index >= 15 is 0 Å². The molecule has 0 radical (unpaired) electrons. The summed E-state index contributed by atoms with van der Waals surface area (Å²) in [7, 11) is 0. The second-order valence-corrected chi connectivity index (χ2v) is 8.43. The first-order valence-corrected chi connectivity index (χ1v) is 10.5. The summed E-state index contributed by atoms with van der Waals surface area (Å²) in [6.45, 7) is 2.32. The van der Waals surface area contributed by atoms with E-state index in [1.807, 2.05) is 12.1 Å². The van der Waals surface area contributed by atoms with Crippen molar-refractivity contribution in [2.45, 2.75) is 83.5 Å². The molecule has 0 unspecified atom stereocenters. The van der Waals surface area contributed by atoms with E-state index in [-0.39, 0.29) is 5.75 Å². The first-order chi connectivity index (χ1) is 13.0. The van der Waals surface area contributed by atoms with Crippen LogP contribution in [0.3, 0.4) is 0 Å². The van der Waals surface area contributed by atoms with Gasteiger partial charge in [-0.3, -0.25) is 0 Å². The van der Waals surface area contributed by atoms with Gasteiger partial charge < -0.3 is 4.74 Å². The molecule has 2 aliphatic carbocycles. The maximum Gasteiger partial charge on any atom is 0.344 e. The van der Waals surface area contributed by atoms with Gasteiger partial charge in [-0.05, 0) is 79.9 Å². The van der Waals surface area contributed by atoms with Crippen LogP contribution in [-0.2, 0) is 0 Å². The van der Waals surface area contributed by atoms with E-state index in [0.29, 0.717) is 11.3 Å². The predicted octanol–water partition coefficient (Wildman–Crippen LogP) is 8.12. The molecular formula is C23H31F3O. The van der Waals surface area contributed by atoms with Crippen LogP contribution in [0.5, 0.6) is 5.75 Å². The molecule has 0 aliphatic heterocycles. The lowest BCUT2D eigenvalue weighted by atomic mass is 9.58. The minimum Gasteiger partial charge on any atom is -0.428 e. The molecule has 1 aromatic rings. The molecule has 0 amide bonds. The quantitative estimate of drug-likeness (QED) is 0.453. The lowest BCUT2D eigenvalue weighted by Gasteiger charge is -2.47. The van der Waals surface area contributed by atoms with Crippen LogP contribution in [-0.4, -0.2) is 0 Å². The van der Waals surface area contributed by atoms with Gasteiger partial charge in [0.25, 0.3) is 0 Å². The Balaban J connectivity index is 1.59. The van der Waals surface area contributed by atoms with Crippen molar-refractivity contribution in [1.82, 2.24) is 0 Å². The van der Waals surface area contributed by atoms with Gasteiger partial charge in [0.2, 0.25) is 0 Å². The van der Waals surface area contributed by atoms with E-state index in [1.54, 1.807) is 12.1 Å². The fourth-order valence-corrected chi connectivity index (χ4v) is 5.61. The van der Waals surface area contributed by atoms with Crippen LogP contribution in [0.1, 0.15) is 89.0 Å². The molecule has 4 heteroatoms. The molecule has 27 heavy (non-hydrogen) atoms. The molecule has 0 aromatic heterocycles. The molecule has 3 rings (SSSR count). The third kappa shape index (κ3) is 4.89. The van der Waals surface area contributed by atoms with Gasteiger partial charge in [0.1, 0.15) is 5.75 Å². The van der Waals surface area contributed by atoms with Crippen LogP contribution < -0.4 is 4.74 Å². The van der Waals surface area contributed by atoms with Crippen molar-refractivity contribution in [3.05, 3.63) is 41.9 Å². The Bertz CT molecular complexity index is 614. The SMILES string of the molecule is CCCC1([C@H]2CC[C@H](c3ccc(OC(F)=C(F)F)cc3)CC2)CCCCC1. The van der Waals surface area contributed by atoms with Crippen molar-refractivity contribution in [3.8, 4) is 5.75 Å². The molecule has 1 nitrogen and oxygen atoms in total. The highest BCUT2D eigenvalue weighted by Gasteiger charge is 2.40. The molecule has 0 atom stereocenters. The van der Waals surface area contributed by atoms with E-state index in [4.69, 9.17) is 0 Å². The first-order valence-electron chi connectivity index (χ1n) is 10.5. The maximum atomic E-state index is 12.9. The summed E-state index contributed by atoms with van der Waals surface area (Å²) in [6, 6.07) is 5.14. The topological polar surface area (TPSA) is 9.23 Å². The highest BCUT2D eigenvalue weighted by molar-refractivity contribution is 5.30.